The van der Waals surface area contributed by atoms with E-state index in [1.54, 1.807) is 26.2 Å². The van der Waals surface area contributed by atoms with Crippen LogP contribution in [-0.4, -0.2) is 42.5 Å². The number of carbonyl (C=O) groups excluding carboxylic acids is 1. The van der Waals surface area contributed by atoms with Crippen molar-refractivity contribution in [3.05, 3.63) is 23.8 Å². The Hall–Kier alpha value is -2.24. The van der Waals surface area contributed by atoms with Gasteiger partial charge in [-0.25, -0.2) is 0 Å². The molecule has 0 aliphatic rings. The van der Waals surface area contributed by atoms with E-state index < -0.39 is 5.97 Å². The summed E-state index contributed by atoms with van der Waals surface area (Å²) in [5, 5.41) is 11.2. The van der Waals surface area contributed by atoms with Crippen LogP contribution in [0.25, 0.3) is 0 Å². The SMILES string of the molecule is CN(C)C(=O)c1ccc(NCC(=O)O)c(N)c1. The van der Waals surface area contributed by atoms with E-state index in [0.29, 0.717) is 16.9 Å². The van der Waals surface area contributed by atoms with Crippen LogP contribution in [-0.2, 0) is 4.79 Å². The Kier molecular flexibility index (Phi) is 3.92. The Morgan fingerprint density at radius 3 is 2.53 bits per heavy atom. The molecule has 0 aromatic heterocycles. The summed E-state index contributed by atoms with van der Waals surface area (Å²) in [5.74, 6) is -1.13. The molecule has 0 aliphatic carbocycles. The van der Waals surface area contributed by atoms with Gasteiger partial charge in [0.1, 0.15) is 6.54 Å². The van der Waals surface area contributed by atoms with E-state index >= 15 is 0 Å². The van der Waals surface area contributed by atoms with Gasteiger partial charge in [0.15, 0.2) is 0 Å². The number of hydrogen-bond acceptors (Lipinski definition) is 4. The summed E-state index contributed by atoms with van der Waals surface area (Å²) in [6.45, 7) is -0.217. The maximum Gasteiger partial charge on any atom is 0.322 e. The van der Waals surface area contributed by atoms with Crippen molar-refractivity contribution in [1.82, 2.24) is 4.90 Å². The number of nitrogens with one attached hydrogen (secondary N) is 1. The number of nitrogen functional groups attached to an aromatic ring is 1. The summed E-state index contributed by atoms with van der Waals surface area (Å²) < 4.78 is 0. The fourth-order valence-corrected chi connectivity index (χ4v) is 1.29. The highest BCUT2D eigenvalue weighted by atomic mass is 16.4. The zero-order valence-electron chi connectivity index (χ0n) is 9.73. The molecule has 0 aliphatic heterocycles. The van der Waals surface area contributed by atoms with Crippen molar-refractivity contribution in [2.75, 3.05) is 31.7 Å². The monoisotopic (exact) mass is 237 g/mol. The lowest BCUT2D eigenvalue weighted by Gasteiger charge is -2.12. The summed E-state index contributed by atoms with van der Waals surface area (Å²) in [6.07, 6.45) is 0. The second-order valence-corrected chi connectivity index (χ2v) is 3.75. The molecule has 0 atom stereocenters. The second kappa shape index (κ2) is 5.20. The second-order valence-electron chi connectivity index (χ2n) is 3.75. The largest absolute Gasteiger partial charge is 0.480 e. The van der Waals surface area contributed by atoms with Crippen LogP contribution in [0.1, 0.15) is 10.4 Å². The van der Waals surface area contributed by atoms with Gasteiger partial charge in [0.25, 0.3) is 5.91 Å². The van der Waals surface area contributed by atoms with Gasteiger partial charge in [-0.2, -0.15) is 0 Å². The van der Waals surface area contributed by atoms with Crippen LogP contribution >= 0.6 is 0 Å². The Bertz CT molecular complexity index is 444. The Balaban J connectivity index is 2.86. The van der Waals surface area contributed by atoms with Crippen LogP contribution in [0.15, 0.2) is 18.2 Å². The van der Waals surface area contributed by atoms with Crippen LogP contribution in [0.2, 0.25) is 0 Å². The third kappa shape index (κ3) is 3.37. The van der Waals surface area contributed by atoms with Crippen molar-refractivity contribution in [3.63, 3.8) is 0 Å². The van der Waals surface area contributed by atoms with Crippen molar-refractivity contribution >= 4 is 23.3 Å². The van der Waals surface area contributed by atoms with Crippen molar-refractivity contribution < 1.29 is 14.7 Å². The predicted octanol–water partition coefficient (Wildman–Crippen LogP) is 0.467. The number of rotatable bonds is 4. The lowest BCUT2D eigenvalue weighted by molar-refractivity contribution is -0.134. The zero-order chi connectivity index (χ0) is 13.0. The van der Waals surface area contributed by atoms with Crippen LogP contribution in [0.3, 0.4) is 0 Å². The zero-order valence-corrected chi connectivity index (χ0v) is 9.73. The molecule has 0 radical (unpaired) electrons. The summed E-state index contributed by atoms with van der Waals surface area (Å²) in [7, 11) is 3.30. The fraction of sp³-hybridized carbons (Fsp3) is 0.273. The molecule has 0 fully saturated rings. The molecule has 17 heavy (non-hydrogen) atoms. The normalized spacial score (nSPS) is 9.76. The van der Waals surface area contributed by atoms with Gasteiger partial charge in [-0.15, -0.1) is 0 Å². The van der Waals surface area contributed by atoms with Crippen molar-refractivity contribution in [2.24, 2.45) is 0 Å². The third-order valence-corrected chi connectivity index (χ3v) is 2.13. The molecule has 92 valence electrons. The molecular formula is C11H15N3O3. The highest BCUT2D eigenvalue weighted by Crippen LogP contribution is 2.20. The number of amides is 1. The topological polar surface area (TPSA) is 95.7 Å². The Morgan fingerprint density at radius 1 is 1.41 bits per heavy atom. The summed E-state index contributed by atoms with van der Waals surface area (Å²) in [6, 6.07) is 4.71. The van der Waals surface area contributed by atoms with E-state index in [2.05, 4.69) is 5.32 Å². The molecule has 0 saturated carbocycles. The van der Waals surface area contributed by atoms with E-state index in [0.717, 1.165) is 0 Å². The number of carbonyl (C=O) groups is 2. The molecule has 1 rings (SSSR count). The maximum atomic E-state index is 11.6. The minimum atomic E-state index is -0.974. The Morgan fingerprint density at radius 2 is 2.06 bits per heavy atom. The van der Waals surface area contributed by atoms with E-state index in [9.17, 15) is 9.59 Å². The molecule has 0 bridgehead atoms. The highest BCUT2D eigenvalue weighted by molar-refractivity contribution is 5.96. The first-order chi connectivity index (χ1) is 7.91. The molecule has 0 saturated heterocycles. The number of aliphatic carboxylic acids is 1. The number of benzene rings is 1. The van der Waals surface area contributed by atoms with Gasteiger partial charge in [0.05, 0.1) is 11.4 Å². The lowest BCUT2D eigenvalue weighted by Crippen LogP contribution is -2.22. The van der Waals surface area contributed by atoms with E-state index in [-0.39, 0.29) is 12.5 Å². The van der Waals surface area contributed by atoms with Crippen LogP contribution in [0, 0.1) is 0 Å². The summed E-state index contributed by atoms with van der Waals surface area (Å²) >= 11 is 0. The quantitative estimate of drug-likeness (QED) is 0.661. The Labute approximate surface area is 99.0 Å². The van der Waals surface area contributed by atoms with Gasteiger partial charge in [0.2, 0.25) is 0 Å². The van der Waals surface area contributed by atoms with Crippen molar-refractivity contribution in [2.45, 2.75) is 0 Å². The molecule has 1 amide bonds. The van der Waals surface area contributed by atoms with E-state index in [1.165, 1.54) is 11.0 Å². The average molecular weight is 237 g/mol. The first-order valence-electron chi connectivity index (χ1n) is 4.98. The van der Waals surface area contributed by atoms with Gasteiger partial charge < -0.3 is 21.1 Å². The van der Waals surface area contributed by atoms with Crippen molar-refractivity contribution in [1.29, 1.82) is 0 Å². The van der Waals surface area contributed by atoms with Crippen LogP contribution < -0.4 is 11.1 Å². The van der Waals surface area contributed by atoms with Gasteiger partial charge in [0, 0.05) is 19.7 Å². The number of carboxylic acid groups (broad SMARTS) is 1. The molecule has 0 heterocycles. The number of hydrogen-bond donors (Lipinski definition) is 3. The standard InChI is InChI=1S/C11H15N3O3/c1-14(2)11(17)7-3-4-9(8(12)5-7)13-6-10(15)16/h3-5,13H,6,12H2,1-2H3,(H,15,16). The molecule has 1 aromatic rings. The van der Waals surface area contributed by atoms with E-state index in [4.69, 9.17) is 10.8 Å². The predicted molar refractivity (Wildman–Crippen MR) is 65.0 cm³/mol. The summed E-state index contributed by atoms with van der Waals surface area (Å²) in [4.78, 5) is 23.5. The van der Waals surface area contributed by atoms with Gasteiger partial charge >= 0.3 is 5.97 Å². The first kappa shape index (κ1) is 12.8. The lowest BCUT2D eigenvalue weighted by atomic mass is 10.1. The molecule has 1 aromatic carbocycles. The number of carboxylic acids is 1. The third-order valence-electron chi connectivity index (χ3n) is 2.13. The highest BCUT2D eigenvalue weighted by Gasteiger charge is 2.10. The molecule has 0 unspecified atom stereocenters. The van der Waals surface area contributed by atoms with Gasteiger partial charge in [-0.1, -0.05) is 0 Å². The summed E-state index contributed by atoms with van der Waals surface area (Å²) in [5.41, 5.74) is 7.03. The average Bonchev–Trinajstić information content (AvgIpc) is 2.26. The van der Waals surface area contributed by atoms with Crippen LogP contribution in [0.4, 0.5) is 11.4 Å². The molecular weight excluding hydrogens is 222 g/mol. The van der Waals surface area contributed by atoms with Gasteiger partial charge in [-0.05, 0) is 18.2 Å². The molecule has 6 heteroatoms. The smallest absolute Gasteiger partial charge is 0.322 e. The molecule has 0 spiro atoms. The maximum absolute atomic E-state index is 11.6. The van der Waals surface area contributed by atoms with Crippen LogP contribution in [0.5, 0.6) is 0 Å². The minimum absolute atomic E-state index is 0.151. The first-order valence-corrected chi connectivity index (χ1v) is 4.98. The van der Waals surface area contributed by atoms with E-state index in [1.807, 2.05) is 0 Å². The van der Waals surface area contributed by atoms with Crippen molar-refractivity contribution in [3.8, 4) is 0 Å². The fourth-order valence-electron chi connectivity index (χ4n) is 1.29. The molecule has 6 nitrogen and oxygen atoms in total. The number of nitrogens with zero attached hydrogens (tertiary/aromatic N) is 1. The number of anilines is 2. The van der Waals surface area contributed by atoms with Gasteiger partial charge in [-0.3, -0.25) is 9.59 Å². The minimum Gasteiger partial charge on any atom is -0.480 e. The molecule has 4 N–H and O–H groups in total. The number of nitrogens with two attached hydrogens (primary N) is 1.